The first-order valence-corrected chi connectivity index (χ1v) is 7.46. The number of anilines is 1. The fourth-order valence-corrected chi connectivity index (χ4v) is 3.13. The summed E-state index contributed by atoms with van der Waals surface area (Å²) in [6.07, 6.45) is -0.853. The number of hydrogen-bond donors (Lipinski definition) is 1. The first-order chi connectivity index (χ1) is 10.9. The lowest BCUT2D eigenvalue weighted by Gasteiger charge is -2.45. The van der Waals surface area contributed by atoms with E-state index in [2.05, 4.69) is 5.32 Å². The van der Waals surface area contributed by atoms with Crippen LogP contribution >= 0.6 is 0 Å². The van der Waals surface area contributed by atoms with E-state index in [-0.39, 0.29) is 24.6 Å². The Morgan fingerprint density at radius 1 is 1.35 bits per heavy atom. The van der Waals surface area contributed by atoms with E-state index in [1.165, 1.54) is 26.0 Å². The summed E-state index contributed by atoms with van der Waals surface area (Å²) in [5, 5.41) is 3.20. The predicted octanol–water partition coefficient (Wildman–Crippen LogP) is 1.94. The van der Waals surface area contributed by atoms with Gasteiger partial charge in [0, 0.05) is 31.5 Å². The fourth-order valence-electron chi connectivity index (χ4n) is 3.13. The number of carbonyl (C=O) groups is 2. The highest BCUT2D eigenvalue weighted by Gasteiger charge is 2.45. The largest absolute Gasteiger partial charge is 0.463 e. The molecule has 1 fully saturated rings. The Hall–Kier alpha value is -2.15. The van der Waals surface area contributed by atoms with Crippen molar-refractivity contribution in [2.45, 2.75) is 44.6 Å². The van der Waals surface area contributed by atoms with Crippen LogP contribution in [0.1, 0.15) is 31.9 Å². The summed E-state index contributed by atoms with van der Waals surface area (Å²) in [7, 11) is 0. The van der Waals surface area contributed by atoms with Crippen LogP contribution in [0.2, 0.25) is 0 Å². The van der Waals surface area contributed by atoms with E-state index in [1.807, 2.05) is 0 Å². The third-order valence-corrected chi connectivity index (χ3v) is 4.03. The Labute approximate surface area is 132 Å². The van der Waals surface area contributed by atoms with E-state index < -0.39 is 24.1 Å². The Balaban J connectivity index is 1.87. The molecule has 2 aliphatic rings. The van der Waals surface area contributed by atoms with Gasteiger partial charge < -0.3 is 19.5 Å². The normalized spacial score (nSPS) is 28.3. The molecule has 1 aromatic rings. The summed E-state index contributed by atoms with van der Waals surface area (Å²) in [6.45, 7) is 2.62. The monoisotopic (exact) mass is 323 g/mol. The molecule has 0 saturated carbocycles. The summed E-state index contributed by atoms with van der Waals surface area (Å²) in [5.41, 5.74) is 1.48. The molecular formula is C16H18FNO5. The molecule has 1 N–H and O–H groups in total. The van der Waals surface area contributed by atoms with Gasteiger partial charge in [0.05, 0.1) is 12.1 Å². The molecule has 0 radical (unpaired) electrons. The number of ether oxygens (including phenoxy) is 3. The van der Waals surface area contributed by atoms with Gasteiger partial charge in [-0.15, -0.1) is 0 Å². The van der Waals surface area contributed by atoms with Crippen LogP contribution in [0.3, 0.4) is 0 Å². The molecule has 0 amide bonds. The van der Waals surface area contributed by atoms with Crippen molar-refractivity contribution in [2.75, 3.05) is 11.9 Å². The second kappa shape index (κ2) is 6.16. The Morgan fingerprint density at radius 3 is 2.83 bits per heavy atom. The molecule has 0 unspecified atom stereocenters. The van der Waals surface area contributed by atoms with Gasteiger partial charge in [0.15, 0.2) is 6.10 Å². The number of nitrogens with one attached hydrogen (secondary N) is 1. The second-order valence-corrected chi connectivity index (χ2v) is 5.76. The quantitative estimate of drug-likeness (QED) is 0.857. The van der Waals surface area contributed by atoms with Crippen LogP contribution < -0.4 is 5.32 Å². The molecule has 2 heterocycles. The van der Waals surface area contributed by atoms with Gasteiger partial charge in [-0.3, -0.25) is 9.59 Å². The van der Waals surface area contributed by atoms with Crippen molar-refractivity contribution in [1.82, 2.24) is 0 Å². The first-order valence-electron chi connectivity index (χ1n) is 7.46. The zero-order chi connectivity index (χ0) is 16.6. The molecule has 0 aromatic heterocycles. The van der Waals surface area contributed by atoms with E-state index in [4.69, 9.17) is 14.2 Å². The minimum absolute atomic E-state index is 0.00150. The van der Waals surface area contributed by atoms with Crippen molar-refractivity contribution in [3.05, 3.63) is 29.6 Å². The van der Waals surface area contributed by atoms with Crippen LogP contribution in [-0.4, -0.2) is 36.8 Å². The maximum Gasteiger partial charge on any atom is 0.303 e. The highest BCUT2D eigenvalue weighted by atomic mass is 19.1. The van der Waals surface area contributed by atoms with E-state index in [9.17, 15) is 14.0 Å². The molecule has 6 nitrogen and oxygen atoms in total. The van der Waals surface area contributed by atoms with Crippen LogP contribution in [-0.2, 0) is 23.8 Å². The molecule has 1 aromatic carbocycles. The van der Waals surface area contributed by atoms with Crippen LogP contribution in [0.4, 0.5) is 10.1 Å². The van der Waals surface area contributed by atoms with Gasteiger partial charge in [-0.05, 0) is 12.1 Å². The maximum atomic E-state index is 13.4. The van der Waals surface area contributed by atoms with Crippen molar-refractivity contribution in [1.29, 1.82) is 0 Å². The van der Waals surface area contributed by atoms with Crippen LogP contribution in [0.5, 0.6) is 0 Å². The number of benzene rings is 1. The Bertz CT molecular complexity index is 635. The van der Waals surface area contributed by atoms with Gasteiger partial charge >= 0.3 is 11.9 Å². The summed E-state index contributed by atoms with van der Waals surface area (Å²) < 4.78 is 29.8. The van der Waals surface area contributed by atoms with Crippen molar-refractivity contribution in [3.63, 3.8) is 0 Å². The van der Waals surface area contributed by atoms with Crippen molar-refractivity contribution in [3.8, 4) is 0 Å². The summed E-state index contributed by atoms with van der Waals surface area (Å²) >= 11 is 0. The predicted molar refractivity (Wildman–Crippen MR) is 78.2 cm³/mol. The molecule has 7 heteroatoms. The number of halogens is 1. The number of fused-ring (bicyclic) bond motifs is 4. The van der Waals surface area contributed by atoms with Crippen LogP contribution in [0, 0.1) is 5.82 Å². The number of hydrogen-bond acceptors (Lipinski definition) is 6. The van der Waals surface area contributed by atoms with Crippen LogP contribution in [0.15, 0.2) is 18.2 Å². The smallest absolute Gasteiger partial charge is 0.303 e. The summed E-state index contributed by atoms with van der Waals surface area (Å²) in [4.78, 5) is 22.4. The molecule has 3 rings (SSSR count). The molecule has 2 bridgehead atoms. The van der Waals surface area contributed by atoms with E-state index >= 15 is 0 Å². The number of rotatable bonds is 3. The summed E-state index contributed by atoms with van der Waals surface area (Å²) in [5.74, 6) is -1.23. The highest BCUT2D eigenvalue weighted by molar-refractivity contribution is 5.67. The Kier molecular flexibility index (Phi) is 4.21. The molecule has 0 spiro atoms. The molecule has 124 valence electrons. The van der Waals surface area contributed by atoms with E-state index in [1.54, 1.807) is 6.07 Å². The fraction of sp³-hybridized carbons (Fsp3) is 0.500. The van der Waals surface area contributed by atoms with Gasteiger partial charge in [-0.2, -0.15) is 0 Å². The Morgan fingerprint density at radius 2 is 2.13 bits per heavy atom. The van der Waals surface area contributed by atoms with Gasteiger partial charge in [-0.1, -0.05) is 6.07 Å². The zero-order valence-corrected chi connectivity index (χ0v) is 12.9. The summed E-state index contributed by atoms with van der Waals surface area (Å²) in [6, 6.07) is 4.22. The molecule has 2 aliphatic heterocycles. The molecule has 4 atom stereocenters. The number of esters is 2. The SMILES string of the molecule is CC(=O)OC[C@H]1O[C@H]2C[C@H](Nc3cc(F)ccc32)[C@@H]1OC(C)=O. The standard InChI is InChI=1S/C16H18FNO5/c1-8(19)21-7-15-16(22-9(2)20)13-6-14(23-15)11-4-3-10(17)5-12(11)18-13/h3-5,13-16,18H,6-7H2,1-2H3/t13-,14-,15+,16-/m0/s1. The van der Waals surface area contributed by atoms with Gasteiger partial charge in [0.1, 0.15) is 18.5 Å². The maximum absolute atomic E-state index is 13.4. The van der Waals surface area contributed by atoms with Crippen molar-refractivity contribution in [2.24, 2.45) is 0 Å². The molecular weight excluding hydrogens is 305 g/mol. The molecule has 0 aliphatic carbocycles. The lowest BCUT2D eigenvalue weighted by molar-refractivity contribution is -0.185. The minimum Gasteiger partial charge on any atom is -0.463 e. The number of carbonyl (C=O) groups excluding carboxylic acids is 2. The lowest BCUT2D eigenvalue weighted by atomic mass is 9.87. The average molecular weight is 323 g/mol. The highest BCUT2D eigenvalue weighted by Crippen LogP contribution is 2.42. The van der Waals surface area contributed by atoms with Gasteiger partial charge in [0.25, 0.3) is 0 Å². The lowest BCUT2D eigenvalue weighted by Crippen LogP contribution is -2.54. The van der Waals surface area contributed by atoms with Crippen LogP contribution in [0.25, 0.3) is 0 Å². The van der Waals surface area contributed by atoms with Crippen molar-refractivity contribution < 1.29 is 28.2 Å². The second-order valence-electron chi connectivity index (χ2n) is 5.76. The van der Waals surface area contributed by atoms with E-state index in [0.717, 1.165) is 5.56 Å². The average Bonchev–Trinajstić information content (AvgIpc) is 2.47. The molecule has 1 saturated heterocycles. The van der Waals surface area contributed by atoms with E-state index in [0.29, 0.717) is 12.1 Å². The third-order valence-electron chi connectivity index (χ3n) is 4.03. The zero-order valence-electron chi connectivity index (χ0n) is 12.9. The topological polar surface area (TPSA) is 73.9 Å². The van der Waals surface area contributed by atoms with Crippen molar-refractivity contribution >= 4 is 17.6 Å². The molecule has 23 heavy (non-hydrogen) atoms. The minimum atomic E-state index is -0.612. The van der Waals surface area contributed by atoms with Gasteiger partial charge in [0.2, 0.25) is 0 Å². The third kappa shape index (κ3) is 3.29. The first kappa shape index (κ1) is 15.7. The van der Waals surface area contributed by atoms with Gasteiger partial charge in [-0.25, -0.2) is 4.39 Å².